The van der Waals surface area contributed by atoms with Crippen LogP contribution in [-0.4, -0.2) is 29.2 Å². The number of benzene rings is 9. The van der Waals surface area contributed by atoms with Crippen LogP contribution in [0.4, 0.5) is 0 Å². The van der Waals surface area contributed by atoms with E-state index in [1.165, 1.54) is 21.8 Å². The first-order chi connectivity index (χ1) is 34.6. The highest BCUT2D eigenvalue weighted by Crippen LogP contribution is 2.40. The normalized spacial score (nSPS) is 12.5. The quantitative estimate of drug-likeness (QED) is 0.154. The number of phenols is 1. The van der Waals surface area contributed by atoms with Gasteiger partial charge in [-0.15, -0.1) is 0 Å². The second-order valence-electron chi connectivity index (χ2n) is 17.5. The lowest BCUT2D eigenvalue weighted by Gasteiger charge is -2.11. The number of aromatic nitrogens is 5. The molecule has 0 saturated carbocycles. The maximum atomic E-state index is 11.8. The van der Waals surface area contributed by atoms with Gasteiger partial charge in [-0.05, 0) is 107 Å². The summed E-state index contributed by atoms with van der Waals surface area (Å²) < 4.78 is 4.72. The van der Waals surface area contributed by atoms with Gasteiger partial charge in [-0.2, -0.15) is 0 Å². The fraction of sp³-hybridized carbons (Fsp3) is 0.0156. The van der Waals surface area contributed by atoms with Crippen LogP contribution in [0.3, 0.4) is 0 Å². The summed E-state index contributed by atoms with van der Waals surface area (Å²) in [5.41, 5.74) is 15.1. The van der Waals surface area contributed by atoms with Crippen LogP contribution in [0.15, 0.2) is 231 Å². The molecule has 3 heterocycles. The summed E-state index contributed by atoms with van der Waals surface area (Å²) >= 11 is 0. The molecule has 0 bridgehead atoms. The largest absolute Gasteiger partial charge is 0.507 e. The lowest BCUT2D eigenvalue weighted by Crippen LogP contribution is -2.00. The third-order valence-electron chi connectivity index (χ3n) is 13.3. The fourth-order valence-corrected chi connectivity index (χ4v) is 9.99. The van der Waals surface area contributed by atoms with Gasteiger partial charge in [-0.25, -0.2) is 15.0 Å². The zero-order valence-corrected chi connectivity index (χ0v) is 37.8. The van der Waals surface area contributed by atoms with Crippen LogP contribution in [0.25, 0.3) is 111 Å². The number of para-hydroxylation sites is 3. The summed E-state index contributed by atoms with van der Waals surface area (Å²) in [7, 11) is 0. The summed E-state index contributed by atoms with van der Waals surface area (Å²) in [6.45, 7) is 0. The molecule has 6 heteroatoms. The van der Waals surface area contributed by atoms with Crippen LogP contribution in [0.2, 0.25) is 0 Å². The molecule has 0 unspecified atom stereocenters. The lowest BCUT2D eigenvalue weighted by molar-refractivity contribution is 0.474. The number of hydrogen-bond acceptors (Lipinski definition) is 4. The number of nitrogens with zero attached hydrogens (tertiary/aromatic N) is 5. The van der Waals surface area contributed by atoms with Gasteiger partial charge in [0, 0.05) is 67.2 Å². The number of phenolic OH excluding ortho intramolecular Hbond substituents is 1. The van der Waals surface area contributed by atoms with E-state index in [2.05, 4.69) is 173 Å². The number of hydrogen-bond donors (Lipinski definition) is 1. The molecule has 6 nitrogen and oxygen atoms in total. The Morgan fingerprint density at radius 1 is 0.386 bits per heavy atom. The Kier molecular flexibility index (Phi) is 9.85. The molecule has 1 aliphatic rings. The van der Waals surface area contributed by atoms with Gasteiger partial charge in [-0.1, -0.05) is 157 Å². The van der Waals surface area contributed by atoms with Crippen molar-refractivity contribution in [3.8, 4) is 74.3 Å². The van der Waals surface area contributed by atoms with Gasteiger partial charge >= 0.3 is 0 Å². The van der Waals surface area contributed by atoms with Gasteiger partial charge in [0.05, 0.1) is 22.1 Å². The minimum atomic E-state index is 0.0963. The average Bonchev–Trinajstić information content (AvgIpc) is 3.81. The van der Waals surface area contributed by atoms with Gasteiger partial charge in [0.15, 0.2) is 17.5 Å². The van der Waals surface area contributed by atoms with Crippen molar-refractivity contribution >= 4 is 54.8 Å². The smallest absolute Gasteiger partial charge is 0.164 e. The molecule has 0 spiro atoms. The third-order valence-corrected chi connectivity index (χ3v) is 13.3. The molecule has 0 aliphatic heterocycles. The second kappa shape index (κ2) is 16.9. The highest BCUT2D eigenvalue weighted by Gasteiger charge is 2.19. The highest BCUT2D eigenvalue weighted by atomic mass is 16.3. The lowest BCUT2D eigenvalue weighted by atomic mass is 9.96. The molecule has 1 aliphatic carbocycles. The standard InChI is InChI=1S/C64H41N5O/c70-61-41-49(64-66-62(42-17-5-1-6-18-42)65-63(67-64)43-19-7-2-8-20-43)29-33-52(61)48-22-14-13-21-44(37-48)45-30-35-59-55(39-45)56-40-47(32-36-60(56)69(59)51-25-11-4-12-26-51)46-31-34-58-54(38-46)53-27-15-16-28-57(53)68(58)50-23-9-3-10-24-50/h1-12,15-21,23-41,70H,13H2. The summed E-state index contributed by atoms with van der Waals surface area (Å²) in [5.74, 6) is 8.38. The zero-order chi connectivity index (χ0) is 46.5. The number of fused-ring (bicyclic) bond motifs is 6. The average molecular weight is 896 g/mol. The Morgan fingerprint density at radius 3 is 1.39 bits per heavy atom. The van der Waals surface area contributed by atoms with Crippen LogP contribution < -0.4 is 0 Å². The molecular formula is C64H41N5O. The molecule has 12 aromatic rings. The first kappa shape index (κ1) is 40.7. The van der Waals surface area contributed by atoms with Crippen molar-refractivity contribution in [1.82, 2.24) is 24.1 Å². The Hall–Kier alpha value is -9.57. The second-order valence-corrected chi connectivity index (χ2v) is 17.5. The predicted molar refractivity (Wildman–Crippen MR) is 287 cm³/mol. The molecule has 13 rings (SSSR count). The summed E-state index contributed by atoms with van der Waals surface area (Å²) in [6, 6.07) is 75.7. The van der Waals surface area contributed by atoms with E-state index in [1.807, 2.05) is 72.8 Å². The SMILES string of the molecule is Oc1cc(-c2nc(-c3ccccc3)nc(-c3ccccc3)n2)ccc1C1=CC(c2ccc3c(c2)c2cc(-c4ccc5c(c4)c4ccccc4n5-c4ccccc4)ccc2n3-c2ccccc2)=CCC#C1. The monoisotopic (exact) mass is 895 g/mol. The van der Waals surface area contributed by atoms with Crippen molar-refractivity contribution in [3.63, 3.8) is 0 Å². The minimum absolute atomic E-state index is 0.0963. The Morgan fingerprint density at radius 2 is 0.829 bits per heavy atom. The van der Waals surface area contributed by atoms with Gasteiger partial charge < -0.3 is 14.2 Å². The van der Waals surface area contributed by atoms with Crippen LogP contribution in [0.5, 0.6) is 5.75 Å². The van der Waals surface area contributed by atoms with Crippen molar-refractivity contribution in [1.29, 1.82) is 0 Å². The molecule has 0 fully saturated rings. The van der Waals surface area contributed by atoms with Gasteiger partial charge in [-0.3, -0.25) is 0 Å². The van der Waals surface area contributed by atoms with Crippen molar-refractivity contribution in [2.75, 3.05) is 0 Å². The number of allylic oxidation sites excluding steroid dienone is 4. The minimum Gasteiger partial charge on any atom is -0.507 e. The molecule has 0 amide bonds. The Labute approximate surface area is 404 Å². The van der Waals surface area contributed by atoms with Crippen molar-refractivity contribution < 1.29 is 5.11 Å². The topological polar surface area (TPSA) is 68.8 Å². The molecule has 0 radical (unpaired) electrons. The van der Waals surface area contributed by atoms with Crippen LogP contribution >= 0.6 is 0 Å². The van der Waals surface area contributed by atoms with E-state index in [0.717, 1.165) is 72.1 Å². The Balaban J connectivity index is 0.896. The Bertz CT molecular complexity index is 4080. The van der Waals surface area contributed by atoms with Crippen molar-refractivity contribution in [2.24, 2.45) is 0 Å². The maximum absolute atomic E-state index is 11.8. The molecule has 1 N–H and O–H groups in total. The summed E-state index contributed by atoms with van der Waals surface area (Å²) in [4.78, 5) is 14.6. The van der Waals surface area contributed by atoms with Crippen LogP contribution in [0.1, 0.15) is 17.5 Å². The van der Waals surface area contributed by atoms with E-state index in [-0.39, 0.29) is 5.75 Å². The molecule has 3 aromatic heterocycles. The van der Waals surface area contributed by atoms with Gasteiger partial charge in [0.1, 0.15) is 5.75 Å². The van der Waals surface area contributed by atoms with Crippen molar-refractivity contribution in [2.45, 2.75) is 6.42 Å². The van der Waals surface area contributed by atoms with Crippen molar-refractivity contribution in [3.05, 3.63) is 242 Å². The van der Waals surface area contributed by atoms with Crippen LogP contribution in [-0.2, 0) is 0 Å². The molecule has 0 atom stereocenters. The third kappa shape index (κ3) is 7.13. The first-order valence-electron chi connectivity index (χ1n) is 23.5. The van der Waals surface area contributed by atoms with Crippen LogP contribution in [0, 0.1) is 11.8 Å². The van der Waals surface area contributed by atoms with E-state index in [4.69, 9.17) is 15.0 Å². The van der Waals surface area contributed by atoms with Gasteiger partial charge in [0.2, 0.25) is 0 Å². The molecule has 70 heavy (non-hydrogen) atoms. The number of aromatic hydroxyl groups is 1. The predicted octanol–water partition coefficient (Wildman–Crippen LogP) is 15.3. The maximum Gasteiger partial charge on any atom is 0.164 e. The van der Waals surface area contributed by atoms with E-state index in [9.17, 15) is 5.11 Å². The van der Waals surface area contributed by atoms with Gasteiger partial charge in [0.25, 0.3) is 0 Å². The van der Waals surface area contributed by atoms with E-state index >= 15 is 0 Å². The zero-order valence-electron chi connectivity index (χ0n) is 37.8. The number of rotatable bonds is 8. The molecule has 328 valence electrons. The fourth-order valence-electron chi connectivity index (χ4n) is 9.99. The van der Waals surface area contributed by atoms with E-state index in [0.29, 0.717) is 35.0 Å². The van der Waals surface area contributed by atoms with E-state index in [1.54, 1.807) is 6.07 Å². The summed E-state index contributed by atoms with van der Waals surface area (Å²) in [6.07, 6.45) is 4.85. The molecule has 0 saturated heterocycles. The molecule has 9 aromatic carbocycles. The first-order valence-corrected chi connectivity index (χ1v) is 23.5. The molecular weight excluding hydrogens is 855 g/mol. The van der Waals surface area contributed by atoms with E-state index < -0.39 is 0 Å². The highest BCUT2D eigenvalue weighted by molar-refractivity contribution is 6.13. The summed E-state index contributed by atoms with van der Waals surface area (Å²) in [5, 5.41) is 16.5.